The Kier molecular flexibility index (Phi) is 7.63. The topological polar surface area (TPSA) is 69.3 Å². The minimum atomic E-state index is -0.214. The lowest BCUT2D eigenvalue weighted by Crippen LogP contribution is -2.38. The molecule has 31 heavy (non-hydrogen) atoms. The largest absolute Gasteiger partial charge is 0.497 e. The summed E-state index contributed by atoms with van der Waals surface area (Å²) < 4.78 is 21.7. The van der Waals surface area contributed by atoms with Crippen molar-refractivity contribution in [2.45, 2.75) is 31.8 Å². The number of carbonyl (C=O) groups excluding carboxylic acids is 1. The SMILES string of the molecule is COc1ccc(C2CCCN2CC(=O)NC(C)c2cc(OC)ccc2OC)c(OC)c1. The molecule has 1 aliphatic heterocycles. The molecule has 2 atom stereocenters. The molecule has 2 aromatic carbocycles. The highest BCUT2D eigenvalue weighted by atomic mass is 16.5. The van der Waals surface area contributed by atoms with E-state index >= 15 is 0 Å². The Morgan fingerprint density at radius 2 is 1.68 bits per heavy atom. The van der Waals surface area contributed by atoms with Gasteiger partial charge in [0.25, 0.3) is 0 Å². The normalized spacial score (nSPS) is 17.1. The number of methoxy groups -OCH3 is 4. The highest BCUT2D eigenvalue weighted by Gasteiger charge is 2.30. The van der Waals surface area contributed by atoms with E-state index in [0.717, 1.165) is 53.5 Å². The minimum Gasteiger partial charge on any atom is -0.497 e. The van der Waals surface area contributed by atoms with E-state index < -0.39 is 0 Å². The molecule has 2 unspecified atom stereocenters. The van der Waals surface area contributed by atoms with Gasteiger partial charge in [-0.1, -0.05) is 6.07 Å². The van der Waals surface area contributed by atoms with Gasteiger partial charge in [-0.25, -0.2) is 0 Å². The van der Waals surface area contributed by atoms with E-state index in [-0.39, 0.29) is 18.0 Å². The van der Waals surface area contributed by atoms with Crippen LogP contribution < -0.4 is 24.3 Å². The van der Waals surface area contributed by atoms with Gasteiger partial charge in [0, 0.05) is 23.2 Å². The van der Waals surface area contributed by atoms with Gasteiger partial charge in [0.1, 0.15) is 23.0 Å². The second kappa shape index (κ2) is 10.4. The third kappa shape index (κ3) is 5.22. The van der Waals surface area contributed by atoms with Crippen LogP contribution in [0, 0.1) is 0 Å². The molecular weight excluding hydrogens is 396 g/mol. The predicted molar refractivity (Wildman–Crippen MR) is 119 cm³/mol. The average molecular weight is 429 g/mol. The molecule has 1 amide bonds. The molecule has 3 rings (SSSR count). The molecule has 0 spiro atoms. The van der Waals surface area contributed by atoms with Crippen molar-refractivity contribution >= 4 is 5.91 Å². The van der Waals surface area contributed by atoms with Crippen LogP contribution in [0.2, 0.25) is 0 Å². The predicted octanol–water partition coefficient (Wildman–Crippen LogP) is 3.74. The number of likely N-dealkylation sites (tertiary alicyclic amines) is 1. The molecule has 1 N–H and O–H groups in total. The summed E-state index contributed by atoms with van der Waals surface area (Å²) in [5.74, 6) is 2.95. The molecule has 0 aliphatic carbocycles. The van der Waals surface area contributed by atoms with E-state index in [4.69, 9.17) is 18.9 Å². The lowest BCUT2D eigenvalue weighted by Gasteiger charge is -2.27. The molecule has 1 saturated heterocycles. The fourth-order valence-corrected chi connectivity index (χ4v) is 4.19. The van der Waals surface area contributed by atoms with Crippen LogP contribution in [0.3, 0.4) is 0 Å². The van der Waals surface area contributed by atoms with Crippen LogP contribution >= 0.6 is 0 Å². The zero-order chi connectivity index (χ0) is 22.4. The first-order valence-electron chi connectivity index (χ1n) is 10.5. The highest BCUT2D eigenvalue weighted by molar-refractivity contribution is 5.78. The first-order valence-corrected chi connectivity index (χ1v) is 10.5. The zero-order valence-corrected chi connectivity index (χ0v) is 18.9. The summed E-state index contributed by atoms with van der Waals surface area (Å²) in [6.07, 6.45) is 2.02. The van der Waals surface area contributed by atoms with Crippen molar-refractivity contribution in [2.75, 3.05) is 41.5 Å². The van der Waals surface area contributed by atoms with E-state index in [0.29, 0.717) is 6.54 Å². The monoisotopic (exact) mass is 428 g/mol. The quantitative estimate of drug-likeness (QED) is 0.656. The average Bonchev–Trinajstić information content (AvgIpc) is 3.25. The maximum absolute atomic E-state index is 12.9. The molecular formula is C24H32N2O5. The lowest BCUT2D eigenvalue weighted by atomic mass is 10.0. The van der Waals surface area contributed by atoms with Gasteiger partial charge in [0.05, 0.1) is 41.0 Å². The number of hydrogen-bond donors (Lipinski definition) is 1. The number of amides is 1. The Bertz CT molecular complexity index is 902. The van der Waals surface area contributed by atoms with Crippen molar-refractivity contribution in [2.24, 2.45) is 0 Å². The molecule has 7 heteroatoms. The van der Waals surface area contributed by atoms with Crippen molar-refractivity contribution in [3.63, 3.8) is 0 Å². The maximum Gasteiger partial charge on any atom is 0.234 e. The van der Waals surface area contributed by atoms with Crippen molar-refractivity contribution in [1.82, 2.24) is 10.2 Å². The van der Waals surface area contributed by atoms with Gasteiger partial charge in [-0.05, 0) is 50.6 Å². The first-order chi connectivity index (χ1) is 15.0. The van der Waals surface area contributed by atoms with E-state index in [2.05, 4.69) is 10.2 Å². The van der Waals surface area contributed by atoms with Gasteiger partial charge in [0.2, 0.25) is 5.91 Å². The highest BCUT2D eigenvalue weighted by Crippen LogP contribution is 2.38. The Balaban J connectivity index is 1.70. The van der Waals surface area contributed by atoms with Crippen LogP contribution in [0.25, 0.3) is 0 Å². The van der Waals surface area contributed by atoms with Crippen LogP contribution in [-0.2, 0) is 4.79 Å². The molecule has 168 valence electrons. The van der Waals surface area contributed by atoms with Crippen molar-refractivity contribution < 1.29 is 23.7 Å². The standard InChI is InChI=1S/C24H32N2O5/c1-16(20-13-17(28-2)9-11-22(20)30-4)25-24(27)15-26-12-6-7-21(26)19-10-8-18(29-3)14-23(19)31-5/h8-11,13-14,16,21H,6-7,12,15H2,1-5H3,(H,25,27). The summed E-state index contributed by atoms with van der Waals surface area (Å²) in [6.45, 7) is 3.13. The molecule has 0 bridgehead atoms. The zero-order valence-electron chi connectivity index (χ0n) is 18.9. The molecule has 2 aromatic rings. The van der Waals surface area contributed by atoms with Gasteiger partial charge in [-0.2, -0.15) is 0 Å². The Labute approximate surface area is 184 Å². The summed E-state index contributed by atoms with van der Waals surface area (Å²) in [5, 5.41) is 3.10. The maximum atomic E-state index is 12.9. The van der Waals surface area contributed by atoms with Gasteiger partial charge < -0.3 is 24.3 Å². The van der Waals surface area contributed by atoms with E-state index in [1.807, 2.05) is 43.3 Å². The second-order valence-electron chi connectivity index (χ2n) is 7.63. The third-order valence-corrected chi connectivity index (χ3v) is 5.79. The number of ether oxygens (including phenoxy) is 4. The second-order valence-corrected chi connectivity index (χ2v) is 7.63. The summed E-state index contributed by atoms with van der Waals surface area (Å²) >= 11 is 0. The number of rotatable bonds is 9. The fourth-order valence-electron chi connectivity index (χ4n) is 4.19. The number of nitrogens with one attached hydrogen (secondary N) is 1. The van der Waals surface area contributed by atoms with Crippen LogP contribution in [-0.4, -0.2) is 52.3 Å². The van der Waals surface area contributed by atoms with Crippen molar-refractivity contribution in [3.05, 3.63) is 47.5 Å². The summed E-state index contributed by atoms with van der Waals surface area (Å²) in [4.78, 5) is 15.1. The van der Waals surface area contributed by atoms with E-state index in [9.17, 15) is 4.79 Å². The lowest BCUT2D eigenvalue weighted by molar-refractivity contribution is -0.123. The summed E-state index contributed by atoms with van der Waals surface area (Å²) in [7, 11) is 6.54. The number of hydrogen-bond acceptors (Lipinski definition) is 6. The molecule has 1 aliphatic rings. The number of benzene rings is 2. The Hall–Kier alpha value is -2.93. The molecule has 1 heterocycles. The molecule has 0 saturated carbocycles. The molecule has 0 radical (unpaired) electrons. The van der Waals surface area contributed by atoms with Crippen LogP contribution in [0.5, 0.6) is 23.0 Å². The fraction of sp³-hybridized carbons (Fsp3) is 0.458. The molecule has 0 aromatic heterocycles. The van der Waals surface area contributed by atoms with Gasteiger partial charge >= 0.3 is 0 Å². The molecule has 7 nitrogen and oxygen atoms in total. The Morgan fingerprint density at radius 3 is 2.35 bits per heavy atom. The van der Waals surface area contributed by atoms with Gasteiger partial charge in [-0.3, -0.25) is 9.69 Å². The minimum absolute atomic E-state index is 0.0308. The van der Waals surface area contributed by atoms with Gasteiger partial charge in [0.15, 0.2) is 0 Å². The smallest absolute Gasteiger partial charge is 0.234 e. The van der Waals surface area contributed by atoms with Crippen molar-refractivity contribution in [1.29, 1.82) is 0 Å². The first kappa shape index (κ1) is 22.7. The van der Waals surface area contributed by atoms with Crippen LogP contribution in [0.4, 0.5) is 0 Å². The number of carbonyl (C=O) groups is 1. The summed E-state index contributed by atoms with van der Waals surface area (Å²) in [6, 6.07) is 11.4. The van der Waals surface area contributed by atoms with Crippen LogP contribution in [0.1, 0.15) is 43.0 Å². The van der Waals surface area contributed by atoms with E-state index in [1.165, 1.54) is 0 Å². The van der Waals surface area contributed by atoms with E-state index in [1.54, 1.807) is 28.4 Å². The summed E-state index contributed by atoms with van der Waals surface area (Å²) in [5.41, 5.74) is 1.96. The Morgan fingerprint density at radius 1 is 1.00 bits per heavy atom. The third-order valence-electron chi connectivity index (χ3n) is 5.79. The molecule has 1 fully saturated rings. The van der Waals surface area contributed by atoms with Gasteiger partial charge in [-0.15, -0.1) is 0 Å². The van der Waals surface area contributed by atoms with Crippen molar-refractivity contribution in [3.8, 4) is 23.0 Å². The van der Waals surface area contributed by atoms with Crippen LogP contribution in [0.15, 0.2) is 36.4 Å². The number of nitrogens with zero attached hydrogens (tertiary/aromatic N) is 1.